The van der Waals surface area contributed by atoms with Gasteiger partial charge in [0.2, 0.25) is 0 Å². The van der Waals surface area contributed by atoms with Gasteiger partial charge in [-0.1, -0.05) is 42.3 Å². The van der Waals surface area contributed by atoms with E-state index in [1.54, 1.807) is 12.1 Å². The minimum Gasteiger partial charge on any atom is -0.378 e. The maximum Gasteiger partial charge on any atom is 0.125 e. The Bertz CT molecular complexity index is 613. The third-order valence-electron chi connectivity index (χ3n) is 3.28. The Balaban J connectivity index is 2.28. The minimum absolute atomic E-state index is 0.0604. The smallest absolute Gasteiger partial charge is 0.125 e. The predicted molar refractivity (Wildman–Crippen MR) is 84.3 cm³/mol. The van der Waals surface area contributed by atoms with Crippen molar-refractivity contribution in [2.24, 2.45) is 0 Å². The lowest BCUT2D eigenvalue weighted by Gasteiger charge is -2.20. The Morgan fingerprint density at radius 2 is 1.85 bits per heavy atom. The average Bonchev–Trinajstić information content (AvgIpc) is 2.43. The summed E-state index contributed by atoms with van der Waals surface area (Å²) in [6.07, 6.45) is 0.855. The van der Waals surface area contributed by atoms with Crippen LogP contribution in [0.3, 0.4) is 0 Å². The molecule has 0 saturated heterocycles. The first-order valence-corrected chi connectivity index (χ1v) is 7.24. The molecule has 20 heavy (non-hydrogen) atoms. The summed E-state index contributed by atoms with van der Waals surface area (Å²) in [6.45, 7) is 4.01. The molecule has 0 aromatic heterocycles. The van der Waals surface area contributed by atoms with E-state index in [4.69, 9.17) is 23.2 Å². The number of nitrogens with one attached hydrogen (secondary N) is 1. The van der Waals surface area contributed by atoms with E-state index in [9.17, 15) is 4.39 Å². The monoisotopic (exact) mass is 311 g/mol. The number of rotatable bonds is 4. The molecule has 0 aliphatic carbocycles. The molecule has 2 aromatic carbocycles. The van der Waals surface area contributed by atoms with Crippen LogP contribution in [0.1, 0.15) is 30.5 Å². The number of aryl methyl sites for hydroxylation is 1. The molecule has 0 radical (unpaired) electrons. The highest BCUT2D eigenvalue weighted by Gasteiger charge is 2.12. The summed E-state index contributed by atoms with van der Waals surface area (Å²) in [5.41, 5.74) is 2.83. The molecule has 1 nitrogen and oxygen atoms in total. The maximum atomic E-state index is 13.3. The van der Waals surface area contributed by atoms with Gasteiger partial charge in [-0.3, -0.25) is 0 Å². The third-order valence-corrected chi connectivity index (χ3v) is 4.02. The SMILES string of the molecule is CCC(Nc1cc(F)ccc1C)c1ccc(Cl)c(Cl)c1. The Hall–Kier alpha value is -1.25. The molecule has 0 aliphatic rings. The van der Waals surface area contributed by atoms with Crippen molar-refractivity contribution in [2.45, 2.75) is 26.3 Å². The Labute approximate surface area is 128 Å². The van der Waals surface area contributed by atoms with Crippen LogP contribution in [0.2, 0.25) is 10.0 Å². The molecule has 2 aromatic rings. The molecular weight excluding hydrogens is 296 g/mol. The van der Waals surface area contributed by atoms with Crippen LogP contribution in [0, 0.1) is 12.7 Å². The molecule has 1 unspecified atom stereocenters. The van der Waals surface area contributed by atoms with Crippen molar-refractivity contribution in [3.05, 3.63) is 63.4 Å². The van der Waals surface area contributed by atoms with Crippen LogP contribution in [0.4, 0.5) is 10.1 Å². The number of halogens is 3. The van der Waals surface area contributed by atoms with Crippen molar-refractivity contribution in [3.63, 3.8) is 0 Å². The summed E-state index contributed by atoms with van der Waals surface area (Å²) in [5, 5.41) is 4.42. The van der Waals surface area contributed by atoms with Gasteiger partial charge < -0.3 is 5.32 Å². The Morgan fingerprint density at radius 1 is 1.10 bits per heavy atom. The summed E-state index contributed by atoms with van der Waals surface area (Å²) in [6, 6.07) is 10.4. The largest absolute Gasteiger partial charge is 0.378 e. The lowest BCUT2D eigenvalue weighted by atomic mass is 10.0. The molecule has 1 atom stereocenters. The standard InChI is InChI=1S/C16H16Cl2FN/c1-3-15(11-5-7-13(17)14(18)8-11)20-16-9-12(19)6-4-10(16)2/h4-9,15,20H,3H2,1-2H3. The van der Waals surface area contributed by atoms with Gasteiger partial charge in [0, 0.05) is 5.69 Å². The van der Waals surface area contributed by atoms with Gasteiger partial charge in [0.1, 0.15) is 5.82 Å². The van der Waals surface area contributed by atoms with Crippen LogP contribution in [0.25, 0.3) is 0 Å². The Kier molecular flexibility index (Phi) is 4.90. The van der Waals surface area contributed by atoms with Gasteiger partial charge in [-0.15, -0.1) is 0 Å². The summed E-state index contributed by atoms with van der Waals surface area (Å²) < 4.78 is 13.3. The van der Waals surface area contributed by atoms with E-state index in [2.05, 4.69) is 12.2 Å². The van der Waals surface area contributed by atoms with Crippen LogP contribution < -0.4 is 5.32 Å². The first-order valence-electron chi connectivity index (χ1n) is 6.49. The second kappa shape index (κ2) is 6.47. The van der Waals surface area contributed by atoms with E-state index >= 15 is 0 Å². The summed E-state index contributed by atoms with van der Waals surface area (Å²) in [7, 11) is 0. The highest BCUT2D eigenvalue weighted by Crippen LogP contribution is 2.30. The summed E-state index contributed by atoms with van der Waals surface area (Å²) in [5.74, 6) is -0.248. The van der Waals surface area contributed by atoms with Crippen LogP contribution in [0.5, 0.6) is 0 Å². The van der Waals surface area contributed by atoms with Crippen molar-refractivity contribution < 1.29 is 4.39 Å². The van der Waals surface area contributed by atoms with Crippen LogP contribution in [-0.4, -0.2) is 0 Å². The first kappa shape index (κ1) is 15.1. The van der Waals surface area contributed by atoms with Gasteiger partial charge in [0.15, 0.2) is 0 Å². The molecule has 0 bridgehead atoms. The van der Waals surface area contributed by atoms with E-state index < -0.39 is 0 Å². The van der Waals surface area contributed by atoms with E-state index in [0.29, 0.717) is 10.0 Å². The highest BCUT2D eigenvalue weighted by molar-refractivity contribution is 6.42. The molecule has 0 fully saturated rings. The van der Waals surface area contributed by atoms with Gasteiger partial charge in [-0.2, -0.15) is 0 Å². The fraction of sp³-hybridized carbons (Fsp3) is 0.250. The number of anilines is 1. The third kappa shape index (κ3) is 3.44. The van der Waals surface area contributed by atoms with E-state index in [1.807, 2.05) is 19.1 Å². The second-order valence-electron chi connectivity index (χ2n) is 4.74. The van der Waals surface area contributed by atoms with Gasteiger partial charge in [0.25, 0.3) is 0 Å². The lowest BCUT2D eigenvalue weighted by Crippen LogP contribution is -2.10. The van der Waals surface area contributed by atoms with Gasteiger partial charge >= 0.3 is 0 Å². The zero-order chi connectivity index (χ0) is 14.7. The number of benzene rings is 2. The molecule has 2 rings (SSSR count). The van der Waals surface area contributed by atoms with Crippen molar-refractivity contribution in [2.75, 3.05) is 5.32 Å². The molecule has 0 aliphatic heterocycles. The van der Waals surface area contributed by atoms with E-state index in [0.717, 1.165) is 23.2 Å². The molecule has 106 valence electrons. The fourth-order valence-corrected chi connectivity index (χ4v) is 2.39. The maximum absolute atomic E-state index is 13.3. The first-order chi connectivity index (χ1) is 9.51. The molecule has 0 spiro atoms. The van der Waals surface area contributed by atoms with Crippen LogP contribution >= 0.6 is 23.2 Å². The van der Waals surface area contributed by atoms with Crippen molar-refractivity contribution in [1.29, 1.82) is 0 Å². The van der Waals surface area contributed by atoms with Crippen molar-refractivity contribution >= 4 is 28.9 Å². The van der Waals surface area contributed by atoms with Crippen molar-refractivity contribution in [3.8, 4) is 0 Å². The Morgan fingerprint density at radius 3 is 2.50 bits per heavy atom. The van der Waals surface area contributed by atoms with Gasteiger partial charge in [0.05, 0.1) is 16.1 Å². The molecule has 4 heteroatoms. The summed E-state index contributed by atoms with van der Waals surface area (Å²) in [4.78, 5) is 0. The normalized spacial score (nSPS) is 12.2. The average molecular weight is 312 g/mol. The van der Waals surface area contributed by atoms with Gasteiger partial charge in [-0.25, -0.2) is 4.39 Å². The van der Waals surface area contributed by atoms with Crippen LogP contribution in [-0.2, 0) is 0 Å². The van der Waals surface area contributed by atoms with E-state index in [-0.39, 0.29) is 11.9 Å². The van der Waals surface area contributed by atoms with E-state index in [1.165, 1.54) is 12.1 Å². The molecule has 0 amide bonds. The molecule has 0 saturated carbocycles. The lowest BCUT2D eigenvalue weighted by molar-refractivity contribution is 0.627. The molecule has 1 N–H and O–H groups in total. The number of hydrogen-bond donors (Lipinski definition) is 1. The molecule has 0 heterocycles. The molecular formula is C16H16Cl2FN. The highest BCUT2D eigenvalue weighted by atomic mass is 35.5. The minimum atomic E-state index is -0.248. The van der Waals surface area contributed by atoms with Crippen LogP contribution in [0.15, 0.2) is 36.4 Å². The topological polar surface area (TPSA) is 12.0 Å². The predicted octanol–water partition coefficient (Wildman–Crippen LogP) is 6.00. The van der Waals surface area contributed by atoms with Gasteiger partial charge in [-0.05, 0) is 48.7 Å². The zero-order valence-corrected chi connectivity index (χ0v) is 12.9. The van der Waals surface area contributed by atoms with Crippen molar-refractivity contribution in [1.82, 2.24) is 0 Å². The quantitative estimate of drug-likeness (QED) is 0.729. The second-order valence-corrected chi connectivity index (χ2v) is 5.55. The fourth-order valence-electron chi connectivity index (χ4n) is 2.09. The summed E-state index contributed by atoms with van der Waals surface area (Å²) >= 11 is 12.0. The number of hydrogen-bond acceptors (Lipinski definition) is 1. The zero-order valence-electron chi connectivity index (χ0n) is 11.4.